The van der Waals surface area contributed by atoms with Gasteiger partial charge in [-0.25, -0.2) is 27.4 Å². The number of aromatic nitrogens is 1. The molecule has 1 aliphatic heterocycles. The molecule has 0 radical (unpaired) electrons. The number of halogens is 2. The lowest BCUT2D eigenvalue weighted by Crippen LogP contribution is -2.41. The number of ether oxygens (including phenoxy) is 2. The highest BCUT2D eigenvalue weighted by Crippen LogP contribution is 2.36. The molecular formula is C25H34ClFN4O6S2. The van der Waals surface area contributed by atoms with Crippen molar-refractivity contribution >= 4 is 56.7 Å². The zero-order chi connectivity index (χ0) is 29.5. The summed E-state index contributed by atoms with van der Waals surface area (Å²) < 4.78 is 53.7. The zero-order valence-electron chi connectivity index (χ0n) is 23.2. The Hall–Kier alpha value is -2.64. The van der Waals surface area contributed by atoms with Crippen LogP contribution < -0.4 is 9.21 Å². The third kappa shape index (κ3) is 7.12. The first-order valence-electron chi connectivity index (χ1n) is 12.2. The van der Waals surface area contributed by atoms with Gasteiger partial charge in [0, 0.05) is 37.1 Å². The number of benzene rings is 1. The standard InChI is InChI=1S/C25H34ClFN4O6S2/c1-15-9-16(12-30(15)22(32)36-24(2,3)4)29(8)19-11-18(27)20(10-17(19)26)39(34,35)31(21-13-38-14-28-21)23(33)37-25(5,6)7/h10-11,13-16H,9,12H2,1-8H3/t15-,16-/m0/s1. The maximum Gasteiger partial charge on any atom is 0.430 e. The van der Waals surface area contributed by atoms with Crippen LogP contribution in [0.5, 0.6) is 0 Å². The topological polar surface area (TPSA) is 109 Å². The summed E-state index contributed by atoms with van der Waals surface area (Å²) in [6.45, 7) is 12.3. The molecule has 10 nitrogen and oxygen atoms in total. The van der Waals surface area contributed by atoms with E-state index in [1.54, 1.807) is 58.4 Å². The minimum absolute atomic E-state index is 0.0525. The normalized spacial score (nSPS) is 18.2. The van der Waals surface area contributed by atoms with Crippen molar-refractivity contribution in [3.05, 3.63) is 33.9 Å². The van der Waals surface area contributed by atoms with Crippen LogP contribution in [0.2, 0.25) is 5.02 Å². The molecule has 2 atom stereocenters. The molecule has 0 N–H and O–H groups in total. The van der Waals surface area contributed by atoms with Crippen LogP contribution in [0.15, 0.2) is 27.9 Å². The molecular weight excluding hydrogens is 571 g/mol. The number of carbonyl (C=O) groups is 2. The van der Waals surface area contributed by atoms with Gasteiger partial charge in [-0.3, -0.25) is 0 Å². The summed E-state index contributed by atoms with van der Waals surface area (Å²) in [7, 11) is -3.11. The highest BCUT2D eigenvalue weighted by atomic mass is 35.5. The molecule has 0 aliphatic carbocycles. The minimum Gasteiger partial charge on any atom is -0.444 e. The quantitative estimate of drug-likeness (QED) is 0.415. The number of anilines is 2. The molecule has 2 aromatic rings. The second-order valence-corrected chi connectivity index (χ2v) is 14.2. The first-order chi connectivity index (χ1) is 17.8. The van der Waals surface area contributed by atoms with Gasteiger partial charge in [-0.1, -0.05) is 11.6 Å². The molecule has 0 bridgehead atoms. The minimum atomic E-state index is -4.80. The van der Waals surface area contributed by atoms with E-state index < -0.39 is 44.1 Å². The van der Waals surface area contributed by atoms with Gasteiger partial charge in [-0.2, -0.15) is 0 Å². The van der Waals surface area contributed by atoms with Gasteiger partial charge in [0.05, 0.1) is 16.2 Å². The van der Waals surface area contributed by atoms with E-state index in [-0.39, 0.29) is 28.6 Å². The van der Waals surface area contributed by atoms with Crippen LogP contribution in [0.3, 0.4) is 0 Å². The molecule has 14 heteroatoms. The van der Waals surface area contributed by atoms with Crippen LogP contribution >= 0.6 is 22.9 Å². The van der Waals surface area contributed by atoms with Crippen LogP contribution in [-0.2, 0) is 19.5 Å². The van der Waals surface area contributed by atoms with Crippen molar-refractivity contribution in [2.24, 2.45) is 0 Å². The number of nitrogens with zero attached hydrogens (tertiary/aromatic N) is 4. The Balaban J connectivity index is 1.92. The maximum absolute atomic E-state index is 15.5. The molecule has 0 spiro atoms. The summed E-state index contributed by atoms with van der Waals surface area (Å²) >= 11 is 7.55. The molecule has 2 heterocycles. The third-order valence-electron chi connectivity index (χ3n) is 5.81. The fourth-order valence-electron chi connectivity index (χ4n) is 4.06. The first-order valence-corrected chi connectivity index (χ1v) is 15.0. The molecule has 0 unspecified atom stereocenters. The number of carbonyl (C=O) groups excluding carboxylic acids is 2. The fourth-order valence-corrected chi connectivity index (χ4v) is 6.36. The number of amides is 2. The van der Waals surface area contributed by atoms with Crippen LogP contribution in [0, 0.1) is 5.82 Å². The average Bonchev–Trinajstić information content (AvgIpc) is 3.42. The van der Waals surface area contributed by atoms with Gasteiger partial charge in [-0.15, -0.1) is 15.6 Å². The van der Waals surface area contributed by atoms with E-state index in [0.29, 0.717) is 17.3 Å². The largest absolute Gasteiger partial charge is 0.444 e. The molecule has 2 amide bonds. The summed E-state index contributed by atoms with van der Waals surface area (Å²) in [4.78, 5) is 32.0. The number of rotatable bonds is 5. The molecule has 1 saturated heterocycles. The molecule has 3 rings (SSSR count). The van der Waals surface area contributed by atoms with Crippen LogP contribution in [0.1, 0.15) is 54.9 Å². The second kappa shape index (κ2) is 11.1. The lowest BCUT2D eigenvalue weighted by atomic mass is 10.1. The Morgan fingerprint density at radius 3 is 2.31 bits per heavy atom. The Morgan fingerprint density at radius 1 is 1.15 bits per heavy atom. The van der Waals surface area contributed by atoms with Gasteiger partial charge in [0.1, 0.15) is 21.9 Å². The predicted octanol–water partition coefficient (Wildman–Crippen LogP) is 5.90. The van der Waals surface area contributed by atoms with Crippen molar-refractivity contribution in [2.45, 2.75) is 83.1 Å². The van der Waals surface area contributed by atoms with E-state index in [9.17, 15) is 18.0 Å². The summed E-state index contributed by atoms with van der Waals surface area (Å²) in [5, 5.41) is 1.28. The predicted molar refractivity (Wildman–Crippen MR) is 149 cm³/mol. The van der Waals surface area contributed by atoms with Gasteiger partial charge in [-0.05, 0) is 61.0 Å². The average molecular weight is 605 g/mol. The molecule has 1 aromatic carbocycles. The summed E-state index contributed by atoms with van der Waals surface area (Å²) in [6, 6.07) is 1.59. The van der Waals surface area contributed by atoms with E-state index in [1.807, 2.05) is 6.92 Å². The van der Waals surface area contributed by atoms with Crippen molar-refractivity contribution in [1.82, 2.24) is 9.88 Å². The third-order valence-corrected chi connectivity index (χ3v) is 8.38. The van der Waals surface area contributed by atoms with Crippen molar-refractivity contribution in [2.75, 3.05) is 22.8 Å². The lowest BCUT2D eigenvalue weighted by molar-refractivity contribution is 0.0237. The summed E-state index contributed by atoms with van der Waals surface area (Å²) in [5.41, 5.74) is -0.101. The number of thiazole rings is 1. The van der Waals surface area contributed by atoms with E-state index >= 15 is 4.39 Å². The molecule has 0 saturated carbocycles. The van der Waals surface area contributed by atoms with Crippen molar-refractivity contribution < 1.29 is 31.9 Å². The molecule has 216 valence electrons. The molecule has 1 aromatic heterocycles. The smallest absolute Gasteiger partial charge is 0.430 e. The van der Waals surface area contributed by atoms with Gasteiger partial charge in [0.2, 0.25) is 0 Å². The van der Waals surface area contributed by atoms with Crippen molar-refractivity contribution in [3.63, 3.8) is 0 Å². The number of sulfonamides is 1. The summed E-state index contributed by atoms with van der Waals surface area (Å²) in [5.74, 6) is -1.34. The van der Waals surface area contributed by atoms with Gasteiger partial charge < -0.3 is 19.3 Å². The second-order valence-electron chi connectivity index (χ2n) is 11.3. The summed E-state index contributed by atoms with van der Waals surface area (Å²) in [6.07, 6.45) is -1.12. The van der Waals surface area contributed by atoms with Gasteiger partial charge >= 0.3 is 12.2 Å². The van der Waals surface area contributed by atoms with Crippen molar-refractivity contribution in [3.8, 4) is 0 Å². The maximum atomic E-state index is 15.5. The molecule has 39 heavy (non-hydrogen) atoms. The Bertz CT molecular complexity index is 1330. The van der Waals surface area contributed by atoms with E-state index in [1.165, 1.54) is 10.9 Å². The number of likely N-dealkylation sites (tertiary alicyclic amines) is 1. The number of likely N-dealkylation sites (N-methyl/N-ethyl adjacent to an activating group) is 1. The lowest BCUT2D eigenvalue weighted by Gasteiger charge is -2.29. The fraction of sp³-hybridized carbons (Fsp3) is 0.560. The van der Waals surface area contributed by atoms with Crippen LogP contribution in [0.4, 0.5) is 25.5 Å². The van der Waals surface area contributed by atoms with Crippen LogP contribution in [0.25, 0.3) is 0 Å². The van der Waals surface area contributed by atoms with Crippen LogP contribution in [-0.4, -0.2) is 67.4 Å². The van der Waals surface area contributed by atoms with Crippen molar-refractivity contribution in [1.29, 1.82) is 0 Å². The van der Waals surface area contributed by atoms with E-state index in [0.717, 1.165) is 23.5 Å². The van der Waals surface area contributed by atoms with Gasteiger partial charge in [0.15, 0.2) is 5.82 Å². The number of hydrogen-bond donors (Lipinski definition) is 0. The highest BCUT2D eigenvalue weighted by molar-refractivity contribution is 7.93. The SMILES string of the molecule is C[C@H]1C[C@H](N(C)c2cc(F)c(S(=O)(=O)N(C(=O)OC(C)(C)C)c3cscn3)cc2Cl)CN1C(=O)OC(C)(C)C. The number of hydrogen-bond acceptors (Lipinski definition) is 9. The Morgan fingerprint density at radius 2 is 1.77 bits per heavy atom. The first kappa shape index (κ1) is 30.9. The van der Waals surface area contributed by atoms with Gasteiger partial charge in [0.25, 0.3) is 10.0 Å². The Kier molecular flexibility index (Phi) is 8.78. The highest BCUT2D eigenvalue weighted by Gasteiger charge is 2.40. The Labute approximate surface area is 237 Å². The molecule has 1 aliphatic rings. The van der Waals surface area contributed by atoms with E-state index in [2.05, 4.69) is 4.98 Å². The molecule has 1 fully saturated rings. The monoisotopic (exact) mass is 604 g/mol. The zero-order valence-corrected chi connectivity index (χ0v) is 25.6. The van der Waals surface area contributed by atoms with E-state index in [4.69, 9.17) is 21.1 Å².